The van der Waals surface area contributed by atoms with Crippen molar-refractivity contribution >= 4 is 17.6 Å². The molecule has 19 heavy (non-hydrogen) atoms. The van der Waals surface area contributed by atoms with E-state index >= 15 is 0 Å². The number of hydrogen-bond donors (Lipinski definition) is 2. The lowest BCUT2D eigenvalue weighted by Crippen LogP contribution is -2.41. The molecule has 0 aromatic heterocycles. The summed E-state index contributed by atoms with van der Waals surface area (Å²) in [6, 6.07) is 9.42. The molecule has 2 N–H and O–H groups in total. The molecule has 0 bridgehead atoms. The highest BCUT2D eigenvalue weighted by Gasteiger charge is 2.13. The molecule has 0 heterocycles. The van der Waals surface area contributed by atoms with E-state index in [-0.39, 0.29) is 24.9 Å². The van der Waals surface area contributed by atoms with Gasteiger partial charge in [-0.15, -0.1) is 0 Å². The van der Waals surface area contributed by atoms with Crippen molar-refractivity contribution < 1.29 is 14.7 Å². The maximum Gasteiger partial charge on any atom is 0.305 e. The average molecular weight is 264 g/mol. The molecule has 5 heteroatoms. The standard InChI is InChI=1S/C14H20N2O3/c1-11(2)15-13(17)10-16(9-8-14(18)19)12-6-4-3-5-7-12/h3-7,11H,8-10H2,1-2H3,(H,15,17)(H,18,19). The molecule has 0 saturated heterocycles. The van der Waals surface area contributed by atoms with Gasteiger partial charge in [0.2, 0.25) is 5.91 Å². The van der Waals surface area contributed by atoms with Crippen LogP contribution in [0.1, 0.15) is 20.3 Å². The van der Waals surface area contributed by atoms with E-state index in [9.17, 15) is 9.59 Å². The average Bonchev–Trinajstić information content (AvgIpc) is 2.34. The molecule has 0 aliphatic rings. The lowest BCUT2D eigenvalue weighted by atomic mass is 10.2. The van der Waals surface area contributed by atoms with E-state index in [4.69, 9.17) is 5.11 Å². The highest BCUT2D eigenvalue weighted by molar-refractivity contribution is 5.81. The molecule has 0 radical (unpaired) electrons. The molecule has 0 spiro atoms. The summed E-state index contributed by atoms with van der Waals surface area (Å²) in [4.78, 5) is 24.2. The first kappa shape index (κ1) is 15.0. The molecular formula is C14H20N2O3. The first-order valence-corrected chi connectivity index (χ1v) is 6.30. The van der Waals surface area contributed by atoms with Gasteiger partial charge >= 0.3 is 5.97 Å². The van der Waals surface area contributed by atoms with Gasteiger partial charge in [-0.3, -0.25) is 9.59 Å². The van der Waals surface area contributed by atoms with Crippen LogP contribution < -0.4 is 10.2 Å². The minimum absolute atomic E-state index is 0.00382. The van der Waals surface area contributed by atoms with Crippen molar-refractivity contribution in [2.24, 2.45) is 0 Å². The van der Waals surface area contributed by atoms with Crippen LogP contribution in [0.3, 0.4) is 0 Å². The second-order valence-electron chi connectivity index (χ2n) is 4.62. The van der Waals surface area contributed by atoms with Crippen LogP contribution in [0.25, 0.3) is 0 Å². The Morgan fingerprint density at radius 1 is 1.26 bits per heavy atom. The molecule has 1 rings (SSSR count). The number of amides is 1. The van der Waals surface area contributed by atoms with Crippen LogP contribution in [0.15, 0.2) is 30.3 Å². The highest BCUT2D eigenvalue weighted by Crippen LogP contribution is 2.13. The Kier molecular flexibility index (Phi) is 5.85. The molecule has 1 aromatic rings. The summed E-state index contributed by atoms with van der Waals surface area (Å²) in [5, 5.41) is 11.6. The molecule has 0 atom stereocenters. The number of nitrogens with one attached hydrogen (secondary N) is 1. The Labute approximate surface area is 113 Å². The summed E-state index contributed by atoms with van der Waals surface area (Å²) in [7, 11) is 0. The van der Waals surface area contributed by atoms with E-state index in [0.717, 1.165) is 5.69 Å². The van der Waals surface area contributed by atoms with Crippen LogP contribution in [-0.4, -0.2) is 36.1 Å². The summed E-state index contributed by atoms with van der Waals surface area (Å²) in [5.74, 6) is -0.977. The zero-order chi connectivity index (χ0) is 14.3. The zero-order valence-electron chi connectivity index (χ0n) is 11.3. The molecule has 0 saturated carbocycles. The molecule has 1 aromatic carbocycles. The Morgan fingerprint density at radius 2 is 1.89 bits per heavy atom. The van der Waals surface area contributed by atoms with Gasteiger partial charge in [-0.05, 0) is 26.0 Å². The van der Waals surface area contributed by atoms with Crippen LogP contribution in [0.4, 0.5) is 5.69 Å². The topological polar surface area (TPSA) is 69.6 Å². The molecule has 104 valence electrons. The predicted molar refractivity (Wildman–Crippen MR) is 74.2 cm³/mol. The van der Waals surface area contributed by atoms with E-state index < -0.39 is 5.97 Å². The number of rotatable bonds is 7. The van der Waals surface area contributed by atoms with Crippen molar-refractivity contribution in [1.29, 1.82) is 0 Å². The molecule has 0 fully saturated rings. The zero-order valence-corrected chi connectivity index (χ0v) is 11.3. The lowest BCUT2D eigenvalue weighted by molar-refractivity contribution is -0.136. The van der Waals surface area contributed by atoms with Crippen LogP contribution >= 0.6 is 0 Å². The second-order valence-corrected chi connectivity index (χ2v) is 4.62. The molecular weight excluding hydrogens is 244 g/mol. The SMILES string of the molecule is CC(C)NC(=O)CN(CCC(=O)O)c1ccccc1. The summed E-state index contributed by atoms with van der Waals surface area (Å²) in [6.07, 6.45) is 0.00382. The Balaban J connectivity index is 2.69. The number of carboxylic acid groups (broad SMARTS) is 1. The number of para-hydroxylation sites is 1. The fraction of sp³-hybridized carbons (Fsp3) is 0.429. The number of carbonyl (C=O) groups excluding carboxylic acids is 1. The minimum atomic E-state index is -0.870. The Bertz CT molecular complexity index is 418. The Morgan fingerprint density at radius 3 is 2.42 bits per heavy atom. The van der Waals surface area contributed by atoms with Crippen molar-refractivity contribution in [2.45, 2.75) is 26.3 Å². The van der Waals surface area contributed by atoms with Crippen molar-refractivity contribution in [2.75, 3.05) is 18.0 Å². The van der Waals surface area contributed by atoms with E-state index in [1.54, 1.807) is 4.90 Å². The van der Waals surface area contributed by atoms with Crippen molar-refractivity contribution in [3.05, 3.63) is 30.3 Å². The largest absolute Gasteiger partial charge is 0.481 e. The number of carboxylic acids is 1. The minimum Gasteiger partial charge on any atom is -0.481 e. The lowest BCUT2D eigenvalue weighted by Gasteiger charge is -2.24. The van der Waals surface area contributed by atoms with Crippen LogP contribution in [0, 0.1) is 0 Å². The molecule has 0 aliphatic heterocycles. The normalized spacial score (nSPS) is 10.3. The van der Waals surface area contributed by atoms with Crippen LogP contribution in [-0.2, 0) is 9.59 Å². The number of aliphatic carboxylic acids is 1. The van der Waals surface area contributed by atoms with Gasteiger partial charge in [-0.1, -0.05) is 18.2 Å². The van der Waals surface area contributed by atoms with Gasteiger partial charge in [-0.2, -0.15) is 0 Å². The molecule has 0 unspecified atom stereocenters. The number of anilines is 1. The summed E-state index contributed by atoms with van der Waals surface area (Å²) in [6.45, 7) is 4.25. The number of hydrogen-bond acceptors (Lipinski definition) is 3. The van der Waals surface area contributed by atoms with Gasteiger partial charge in [0.15, 0.2) is 0 Å². The third-order valence-corrected chi connectivity index (χ3v) is 2.50. The van der Waals surface area contributed by atoms with Gasteiger partial charge in [0, 0.05) is 18.3 Å². The first-order chi connectivity index (χ1) is 8.99. The van der Waals surface area contributed by atoms with E-state index in [0.29, 0.717) is 6.54 Å². The van der Waals surface area contributed by atoms with E-state index in [2.05, 4.69) is 5.32 Å². The second kappa shape index (κ2) is 7.41. The summed E-state index contributed by atoms with van der Waals surface area (Å²) >= 11 is 0. The predicted octanol–water partition coefficient (Wildman–Crippen LogP) is 1.49. The fourth-order valence-electron chi connectivity index (χ4n) is 1.71. The smallest absolute Gasteiger partial charge is 0.305 e. The number of nitrogens with zero attached hydrogens (tertiary/aromatic N) is 1. The van der Waals surface area contributed by atoms with Crippen molar-refractivity contribution in [1.82, 2.24) is 5.32 Å². The van der Waals surface area contributed by atoms with Gasteiger partial charge < -0.3 is 15.3 Å². The third kappa shape index (κ3) is 5.90. The first-order valence-electron chi connectivity index (χ1n) is 6.30. The van der Waals surface area contributed by atoms with Gasteiger partial charge in [-0.25, -0.2) is 0 Å². The maximum atomic E-state index is 11.8. The molecule has 1 amide bonds. The van der Waals surface area contributed by atoms with Gasteiger partial charge in [0.05, 0.1) is 13.0 Å². The van der Waals surface area contributed by atoms with E-state index in [1.165, 1.54) is 0 Å². The van der Waals surface area contributed by atoms with E-state index in [1.807, 2.05) is 44.2 Å². The maximum absolute atomic E-state index is 11.8. The molecule has 0 aliphatic carbocycles. The Hall–Kier alpha value is -2.04. The summed E-state index contributed by atoms with van der Waals surface area (Å²) < 4.78 is 0. The number of benzene rings is 1. The highest BCUT2D eigenvalue weighted by atomic mass is 16.4. The van der Waals surface area contributed by atoms with Gasteiger partial charge in [0.1, 0.15) is 0 Å². The quantitative estimate of drug-likeness (QED) is 0.783. The summed E-state index contributed by atoms with van der Waals surface area (Å²) in [5.41, 5.74) is 0.850. The third-order valence-electron chi connectivity index (χ3n) is 2.50. The fourth-order valence-corrected chi connectivity index (χ4v) is 1.71. The van der Waals surface area contributed by atoms with Crippen molar-refractivity contribution in [3.63, 3.8) is 0 Å². The van der Waals surface area contributed by atoms with Gasteiger partial charge in [0.25, 0.3) is 0 Å². The van der Waals surface area contributed by atoms with Crippen LogP contribution in [0.2, 0.25) is 0 Å². The monoisotopic (exact) mass is 264 g/mol. The number of carbonyl (C=O) groups is 2. The van der Waals surface area contributed by atoms with Crippen LogP contribution in [0.5, 0.6) is 0 Å². The van der Waals surface area contributed by atoms with Crippen molar-refractivity contribution in [3.8, 4) is 0 Å². The molecule has 5 nitrogen and oxygen atoms in total.